The number of anilines is 1. The fraction of sp³-hybridized carbons (Fsp3) is 0.0556. The Morgan fingerprint density at radius 2 is 1.52 bits per heavy atom. The largest absolute Gasteiger partial charge is 0.489 e. The molecule has 1 heterocycles. The molecule has 2 aromatic carbocycles. The van der Waals surface area contributed by atoms with Crippen molar-refractivity contribution in [2.24, 2.45) is 0 Å². The maximum atomic E-state index is 5.77. The van der Waals surface area contributed by atoms with Crippen molar-refractivity contribution < 1.29 is 4.74 Å². The van der Waals surface area contributed by atoms with E-state index in [2.05, 4.69) is 17.1 Å². The van der Waals surface area contributed by atoms with E-state index in [1.54, 1.807) is 12.3 Å². The second kappa shape index (κ2) is 6.09. The van der Waals surface area contributed by atoms with Crippen LogP contribution in [0.1, 0.15) is 5.56 Å². The molecular weight excluding hydrogens is 260 g/mol. The number of hydrogen-bond acceptors (Lipinski definition) is 3. The minimum Gasteiger partial charge on any atom is -0.489 e. The van der Waals surface area contributed by atoms with Crippen LogP contribution in [0.5, 0.6) is 5.75 Å². The van der Waals surface area contributed by atoms with E-state index >= 15 is 0 Å². The summed E-state index contributed by atoms with van der Waals surface area (Å²) in [5, 5.41) is 0. The van der Waals surface area contributed by atoms with Crippen molar-refractivity contribution in [1.29, 1.82) is 0 Å². The lowest BCUT2D eigenvalue weighted by Gasteiger charge is -2.07. The lowest BCUT2D eigenvalue weighted by atomic mass is 10.1. The van der Waals surface area contributed by atoms with Crippen molar-refractivity contribution in [2.75, 3.05) is 5.73 Å². The van der Waals surface area contributed by atoms with E-state index in [1.165, 1.54) is 0 Å². The van der Waals surface area contributed by atoms with Gasteiger partial charge in [-0.1, -0.05) is 42.5 Å². The number of hydrogen-bond donors (Lipinski definition) is 1. The molecule has 1 aromatic heterocycles. The molecule has 21 heavy (non-hydrogen) atoms. The SMILES string of the molecule is Nc1ccc(-c2ccc(OCc3ccccc3)cc2)cn1. The summed E-state index contributed by atoms with van der Waals surface area (Å²) in [5.74, 6) is 1.38. The average molecular weight is 276 g/mol. The van der Waals surface area contributed by atoms with Crippen LogP contribution in [0, 0.1) is 0 Å². The zero-order valence-corrected chi connectivity index (χ0v) is 11.6. The Bertz CT molecular complexity index is 692. The Labute approximate surface area is 124 Å². The Morgan fingerprint density at radius 1 is 0.810 bits per heavy atom. The first-order valence-corrected chi connectivity index (χ1v) is 6.80. The van der Waals surface area contributed by atoms with Crippen LogP contribution in [0.3, 0.4) is 0 Å². The monoisotopic (exact) mass is 276 g/mol. The van der Waals surface area contributed by atoms with Crippen LogP contribution in [0.2, 0.25) is 0 Å². The number of aromatic nitrogens is 1. The summed E-state index contributed by atoms with van der Waals surface area (Å²) in [7, 11) is 0. The van der Waals surface area contributed by atoms with Crippen molar-refractivity contribution in [3.63, 3.8) is 0 Å². The zero-order valence-electron chi connectivity index (χ0n) is 11.6. The van der Waals surface area contributed by atoms with Crippen LogP contribution < -0.4 is 10.5 Å². The smallest absolute Gasteiger partial charge is 0.123 e. The Balaban J connectivity index is 1.68. The third-order valence-corrected chi connectivity index (χ3v) is 3.22. The maximum absolute atomic E-state index is 5.77. The van der Waals surface area contributed by atoms with Crippen LogP contribution in [0.15, 0.2) is 72.9 Å². The van der Waals surface area contributed by atoms with Gasteiger partial charge < -0.3 is 10.5 Å². The van der Waals surface area contributed by atoms with Gasteiger partial charge in [-0.05, 0) is 35.4 Å². The van der Waals surface area contributed by atoms with Crippen molar-refractivity contribution in [3.05, 3.63) is 78.5 Å². The molecule has 3 rings (SSSR count). The van der Waals surface area contributed by atoms with E-state index < -0.39 is 0 Å². The van der Waals surface area contributed by atoms with Gasteiger partial charge in [-0.3, -0.25) is 0 Å². The summed E-state index contributed by atoms with van der Waals surface area (Å²) in [5.41, 5.74) is 8.88. The third-order valence-electron chi connectivity index (χ3n) is 3.22. The summed E-state index contributed by atoms with van der Waals surface area (Å²) in [6.07, 6.45) is 1.77. The molecule has 0 amide bonds. The highest BCUT2D eigenvalue weighted by molar-refractivity contribution is 5.64. The second-order valence-electron chi connectivity index (χ2n) is 4.77. The normalized spacial score (nSPS) is 10.3. The van der Waals surface area contributed by atoms with E-state index in [0.29, 0.717) is 12.4 Å². The van der Waals surface area contributed by atoms with Gasteiger partial charge in [0.25, 0.3) is 0 Å². The quantitative estimate of drug-likeness (QED) is 0.786. The van der Waals surface area contributed by atoms with Crippen LogP contribution in [0.4, 0.5) is 5.82 Å². The maximum Gasteiger partial charge on any atom is 0.123 e. The standard InChI is InChI=1S/C18H16N2O/c19-18-11-8-16(12-20-18)15-6-9-17(10-7-15)21-13-14-4-2-1-3-5-14/h1-12H,13H2,(H2,19,20). The molecule has 3 heteroatoms. The van der Waals surface area contributed by atoms with Gasteiger partial charge in [0, 0.05) is 11.8 Å². The van der Waals surface area contributed by atoms with Crippen LogP contribution in [0.25, 0.3) is 11.1 Å². The molecule has 0 saturated carbocycles. The lowest BCUT2D eigenvalue weighted by Crippen LogP contribution is -1.94. The summed E-state index contributed by atoms with van der Waals surface area (Å²) < 4.78 is 5.77. The highest BCUT2D eigenvalue weighted by Gasteiger charge is 2.00. The molecule has 0 aliphatic heterocycles. The van der Waals surface area contributed by atoms with E-state index in [1.807, 2.05) is 48.5 Å². The first kappa shape index (κ1) is 13.2. The molecule has 0 aliphatic rings. The lowest BCUT2D eigenvalue weighted by molar-refractivity contribution is 0.306. The minimum atomic E-state index is 0.529. The first-order chi connectivity index (χ1) is 10.3. The number of ether oxygens (including phenoxy) is 1. The molecule has 0 atom stereocenters. The molecule has 0 unspecified atom stereocenters. The molecule has 3 nitrogen and oxygen atoms in total. The van der Waals surface area contributed by atoms with E-state index in [4.69, 9.17) is 10.5 Å². The predicted molar refractivity (Wildman–Crippen MR) is 84.9 cm³/mol. The molecule has 0 aliphatic carbocycles. The predicted octanol–water partition coefficient (Wildman–Crippen LogP) is 3.91. The van der Waals surface area contributed by atoms with Crippen LogP contribution in [-0.4, -0.2) is 4.98 Å². The number of pyridine rings is 1. The Hall–Kier alpha value is -2.81. The van der Waals surface area contributed by atoms with Crippen molar-refractivity contribution in [2.45, 2.75) is 6.61 Å². The van der Waals surface area contributed by atoms with Crippen LogP contribution in [-0.2, 0) is 6.61 Å². The molecule has 104 valence electrons. The van der Waals surface area contributed by atoms with E-state index in [0.717, 1.165) is 22.4 Å². The summed E-state index contributed by atoms with van der Waals surface area (Å²) >= 11 is 0. The highest BCUT2D eigenvalue weighted by atomic mass is 16.5. The average Bonchev–Trinajstić information content (AvgIpc) is 2.55. The Kier molecular flexibility index (Phi) is 3.83. The van der Waals surface area contributed by atoms with Gasteiger partial charge in [-0.2, -0.15) is 0 Å². The number of benzene rings is 2. The number of nitrogens with two attached hydrogens (primary N) is 1. The molecule has 0 saturated heterocycles. The van der Waals surface area contributed by atoms with E-state index in [9.17, 15) is 0 Å². The van der Waals surface area contributed by atoms with E-state index in [-0.39, 0.29) is 0 Å². The van der Waals surface area contributed by atoms with Gasteiger partial charge >= 0.3 is 0 Å². The highest BCUT2D eigenvalue weighted by Crippen LogP contribution is 2.22. The van der Waals surface area contributed by atoms with Gasteiger partial charge in [-0.25, -0.2) is 4.98 Å². The summed E-state index contributed by atoms with van der Waals surface area (Å²) in [4.78, 5) is 4.10. The third kappa shape index (κ3) is 3.39. The summed E-state index contributed by atoms with van der Waals surface area (Å²) in [6.45, 7) is 0.573. The molecule has 0 bridgehead atoms. The molecular formula is C18H16N2O. The van der Waals surface area contributed by atoms with Crippen molar-refractivity contribution in [1.82, 2.24) is 4.98 Å². The van der Waals surface area contributed by atoms with Crippen molar-refractivity contribution >= 4 is 5.82 Å². The van der Waals surface area contributed by atoms with Gasteiger partial charge in [0.2, 0.25) is 0 Å². The molecule has 0 spiro atoms. The van der Waals surface area contributed by atoms with Gasteiger partial charge in [0.1, 0.15) is 18.2 Å². The molecule has 2 N–H and O–H groups in total. The minimum absolute atomic E-state index is 0.529. The number of nitrogen functional groups attached to an aromatic ring is 1. The van der Waals surface area contributed by atoms with Gasteiger partial charge in [-0.15, -0.1) is 0 Å². The molecule has 0 fully saturated rings. The molecule has 3 aromatic rings. The van der Waals surface area contributed by atoms with Gasteiger partial charge in [0.15, 0.2) is 0 Å². The first-order valence-electron chi connectivity index (χ1n) is 6.80. The summed E-state index contributed by atoms with van der Waals surface area (Å²) in [6, 6.07) is 21.9. The Morgan fingerprint density at radius 3 is 2.19 bits per heavy atom. The van der Waals surface area contributed by atoms with Crippen LogP contribution >= 0.6 is 0 Å². The fourth-order valence-corrected chi connectivity index (χ4v) is 2.06. The molecule has 0 radical (unpaired) electrons. The second-order valence-corrected chi connectivity index (χ2v) is 4.77. The fourth-order valence-electron chi connectivity index (χ4n) is 2.06. The number of rotatable bonds is 4. The van der Waals surface area contributed by atoms with Crippen molar-refractivity contribution in [3.8, 4) is 16.9 Å². The number of nitrogens with zero attached hydrogens (tertiary/aromatic N) is 1. The van der Waals surface area contributed by atoms with Gasteiger partial charge in [0.05, 0.1) is 0 Å². The topological polar surface area (TPSA) is 48.1 Å². The zero-order chi connectivity index (χ0) is 14.5.